The van der Waals surface area contributed by atoms with Gasteiger partial charge in [0.1, 0.15) is 12.1 Å². The van der Waals surface area contributed by atoms with Crippen LogP contribution in [0.3, 0.4) is 0 Å². The Labute approximate surface area is 415 Å². The molecule has 15 nitrogen and oxygen atoms in total. The van der Waals surface area contributed by atoms with Gasteiger partial charge in [-0.25, -0.2) is 4.98 Å². The van der Waals surface area contributed by atoms with Crippen molar-refractivity contribution in [1.29, 1.82) is 0 Å². The average Bonchev–Trinajstić information content (AvgIpc) is 3.83. The molecule has 0 saturated carbocycles. The molecule has 6 aromatic rings. The van der Waals surface area contributed by atoms with Gasteiger partial charge in [0.2, 0.25) is 23.6 Å². The van der Waals surface area contributed by atoms with Crippen molar-refractivity contribution in [2.45, 2.75) is 84.2 Å². The highest BCUT2D eigenvalue weighted by Gasteiger charge is 2.32. The Morgan fingerprint density at radius 2 is 1.25 bits per heavy atom. The summed E-state index contributed by atoms with van der Waals surface area (Å²) in [5.74, 6) is -3.65. The molecule has 0 aliphatic rings. The van der Waals surface area contributed by atoms with Crippen LogP contribution in [-0.4, -0.2) is 81.9 Å². The normalized spacial score (nSPS) is 12.8. The summed E-state index contributed by atoms with van der Waals surface area (Å²) in [5, 5.41) is 33.7. The van der Waals surface area contributed by atoms with E-state index < -0.39 is 60.2 Å². The molecule has 1 heterocycles. The van der Waals surface area contributed by atoms with E-state index in [1.165, 1.54) is 6.33 Å². The highest BCUT2D eigenvalue weighted by atomic mass is 35.5. The lowest BCUT2D eigenvalue weighted by atomic mass is 9.95. The van der Waals surface area contributed by atoms with E-state index in [9.17, 15) is 29.1 Å². The van der Waals surface area contributed by atoms with Crippen LogP contribution in [0.15, 0.2) is 122 Å². The topological polar surface area (TPSA) is 232 Å². The Balaban J connectivity index is 0.00000518. The van der Waals surface area contributed by atoms with Crippen molar-refractivity contribution in [3.05, 3.63) is 139 Å². The van der Waals surface area contributed by atoms with Gasteiger partial charge in [0, 0.05) is 65.7 Å². The number of nitrogens with zero attached hydrogens (tertiary/aromatic N) is 1. The first-order valence-corrected chi connectivity index (χ1v) is 22.9. The molecule has 69 heavy (non-hydrogen) atoms. The van der Waals surface area contributed by atoms with E-state index in [1.807, 2.05) is 113 Å². The number of hydrogen-bond donors (Lipinski definition) is 9. The van der Waals surface area contributed by atoms with Gasteiger partial charge in [-0.2, -0.15) is 0 Å². The largest absolute Gasteiger partial charge is 0.390 e. The van der Waals surface area contributed by atoms with Crippen molar-refractivity contribution in [3.63, 3.8) is 0 Å². The van der Waals surface area contributed by atoms with Crippen LogP contribution in [0.5, 0.6) is 0 Å². The number of nitrogens with two attached hydrogens (primary N) is 1. The van der Waals surface area contributed by atoms with E-state index in [4.69, 9.17) is 5.73 Å². The summed E-state index contributed by atoms with van der Waals surface area (Å²) in [4.78, 5) is 76.1. The number of fused-ring (bicyclic) bond motifs is 2. The molecule has 0 aliphatic carbocycles. The summed E-state index contributed by atoms with van der Waals surface area (Å²) in [5.41, 5.74) is 9.02. The van der Waals surface area contributed by atoms with Crippen LogP contribution in [-0.2, 0) is 32.1 Å². The molecule has 0 bridgehead atoms. The number of halogens is 2. The van der Waals surface area contributed by atoms with Crippen molar-refractivity contribution >= 4 is 87.3 Å². The van der Waals surface area contributed by atoms with Gasteiger partial charge in [-0.05, 0) is 65.3 Å². The van der Waals surface area contributed by atoms with Crippen LogP contribution < -0.4 is 37.6 Å². The summed E-state index contributed by atoms with van der Waals surface area (Å²) in [7, 11) is 0. The van der Waals surface area contributed by atoms with Crippen molar-refractivity contribution in [2.75, 3.05) is 23.7 Å². The smallest absolute Gasteiger partial charge is 0.257 e. The number of hydrogen-bond acceptors (Lipinski definition) is 10. The Bertz CT molecular complexity index is 2540. The van der Waals surface area contributed by atoms with E-state index in [2.05, 4.69) is 41.9 Å². The van der Waals surface area contributed by atoms with Crippen LogP contribution in [0.1, 0.15) is 68.6 Å². The van der Waals surface area contributed by atoms with E-state index >= 15 is 0 Å². The van der Waals surface area contributed by atoms with Gasteiger partial charge in [0.15, 0.2) is 0 Å². The van der Waals surface area contributed by atoms with E-state index in [1.54, 1.807) is 30.5 Å². The number of amides is 5. The van der Waals surface area contributed by atoms with Crippen LogP contribution in [0.4, 0.5) is 11.4 Å². The number of imide groups is 1. The number of nitrogens with one attached hydrogen (secondary N) is 7. The number of aromatic nitrogens is 2. The number of aromatic amines is 1. The Morgan fingerprint density at radius 1 is 0.667 bits per heavy atom. The molecule has 0 unspecified atom stereocenters. The maximum Gasteiger partial charge on any atom is 0.257 e. The molecular weight excluding hydrogens is 918 g/mol. The standard InChI is InChI=1S/C52H63N9O6.2ClH/c1-32(2)22-44(47(62)26-48(63)58-45(23-33(3)4)52(67)61-49(64)37-17-9-12-34(24-37)27-53)59-51(66)46(25-39-30-54-31-57-39)60-50(65)38(28-55-42-20-10-15-35-13-5-7-18-40(35)42)29-56-43-21-11-16-36-14-6-8-19-41(36)43;;/h5-21,24,30-33,38,44-47,55-56,62H,22-23,25-29,53H2,1-4H3,(H,54,57)(H,58,63)(H,59,66)(H,60,65)(H,61,64,67);2*1H/t44-,45-,46-,47-;;/m0../s1. The SMILES string of the molecule is CC(C)C[C@H](NC(=O)C[C@H](O)[C@H](CC(C)C)NC(=O)[C@H](Cc1cnc[nH]1)NC(=O)C(CNc1cccc2ccccc12)CNc1cccc2ccccc12)C(=O)NC(=O)c1cccc(CN)c1.Cl.Cl. The van der Waals surface area contributed by atoms with Crippen molar-refractivity contribution in [2.24, 2.45) is 23.5 Å². The quantitative estimate of drug-likeness (QED) is 0.0332. The minimum atomic E-state index is -1.37. The van der Waals surface area contributed by atoms with Gasteiger partial charge < -0.3 is 42.4 Å². The zero-order valence-corrected chi connectivity index (χ0v) is 41.0. The second-order valence-corrected chi connectivity index (χ2v) is 17.8. The minimum absolute atomic E-state index is 0. The molecule has 0 saturated heterocycles. The van der Waals surface area contributed by atoms with Gasteiger partial charge in [-0.3, -0.25) is 29.3 Å². The fourth-order valence-corrected chi connectivity index (χ4v) is 8.10. The predicted octanol–water partition coefficient (Wildman–Crippen LogP) is 6.66. The predicted molar refractivity (Wildman–Crippen MR) is 277 cm³/mol. The molecule has 4 atom stereocenters. The molecule has 6 rings (SSSR count). The Hall–Kier alpha value is -6.52. The van der Waals surface area contributed by atoms with Crippen LogP contribution >= 0.6 is 24.8 Å². The third-order valence-electron chi connectivity index (χ3n) is 11.6. The number of aliphatic hydroxyl groups excluding tert-OH is 1. The lowest BCUT2D eigenvalue weighted by Gasteiger charge is -2.29. The third kappa shape index (κ3) is 16.0. The number of H-pyrrole nitrogens is 1. The number of anilines is 2. The highest BCUT2D eigenvalue weighted by Crippen LogP contribution is 2.25. The van der Waals surface area contributed by atoms with E-state index in [0.29, 0.717) is 12.1 Å². The molecular formula is C52H65Cl2N9O6. The number of imidazole rings is 1. The van der Waals surface area contributed by atoms with Crippen LogP contribution in [0.2, 0.25) is 0 Å². The molecule has 0 spiro atoms. The first-order valence-electron chi connectivity index (χ1n) is 22.9. The molecule has 10 N–H and O–H groups in total. The van der Waals surface area contributed by atoms with Gasteiger partial charge >= 0.3 is 0 Å². The minimum Gasteiger partial charge on any atom is -0.390 e. The second-order valence-electron chi connectivity index (χ2n) is 17.8. The lowest BCUT2D eigenvalue weighted by molar-refractivity contribution is -0.132. The van der Waals surface area contributed by atoms with Crippen LogP contribution in [0.25, 0.3) is 21.5 Å². The molecule has 5 aromatic carbocycles. The van der Waals surface area contributed by atoms with Crippen molar-refractivity contribution in [1.82, 2.24) is 31.2 Å². The molecule has 17 heteroatoms. The molecule has 0 aliphatic heterocycles. The summed E-state index contributed by atoms with van der Waals surface area (Å²) >= 11 is 0. The monoisotopic (exact) mass is 981 g/mol. The molecule has 0 fully saturated rings. The first-order chi connectivity index (χ1) is 32.3. The van der Waals surface area contributed by atoms with Gasteiger partial charge in [-0.15, -0.1) is 24.8 Å². The highest BCUT2D eigenvalue weighted by molar-refractivity contribution is 6.07. The molecule has 0 radical (unpaired) electrons. The first kappa shape index (κ1) is 55.1. The molecule has 368 valence electrons. The van der Waals surface area contributed by atoms with Gasteiger partial charge in [0.05, 0.1) is 30.8 Å². The van der Waals surface area contributed by atoms with Crippen molar-refractivity contribution in [3.8, 4) is 0 Å². The van der Waals surface area contributed by atoms with Crippen LogP contribution in [0, 0.1) is 17.8 Å². The van der Waals surface area contributed by atoms with Gasteiger partial charge in [0.25, 0.3) is 5.91 Å². The van der Waals surface area contributed by atoms with E-state index in [0.717, 1.165) is 38.5 Å². The second kappa shape index (κ2) is 26.9. The summed E-state index contributed by atoms with van der Waals surface area (Å²) < 4.78 is 0. The maximum atomic E-state index is 14.6. The van der Waals surface area contributed by atoms with E-state index in [-0.39, 0.29) is 80.6 Å². The third-order valence-corrected chi connectivity index (χ3v) is 11.6. The summed E-state index contributed by atoms with van der Waals surface area (Å²) in [6.45, 7) is 8.29. The lowest BCUT2D eigenvalue weighted by Crippen LogP contribution is -2.56. The van der Waals surface area contributed by atoms with Crippen molar-refractivity contribution < 1.29 is 29.1 Å². The van der Waals surface area contributed by atoms with Gasteiger partial charge in [-0.1, -0.05) is 113 Å². The Morgan fingerprint density at radius 3 is 1.81 bits per heavy atom. The number of benzene rings is 5. The Kier molecular flexibility index (Phi) is 21.5. The number of aliphatic hydroxyl groups is 1. The zero-order chi connectivity index (χ0) is 47.9. The fourth-order valence-electron chi connectivity index (χ4n) is 8.10. The molecule has 5 amide bonds. The summed E-state index contributed by atoms with van der Waals surface area (Å²) in [6, 6.07) is 31.4. The number of carbonyl (C=O) groups excluding carboxylic acids is 5. The fraction of sp³-hybridized carbons (Fsp3) is 0.346. The average molecular weight is 983 g/mol. The maximum absolute atomic E-state index is 14.6. The molecule has 1 aromatic heterocycles. The zero-order valence-electron chi connectivity index (χ0n) is 39.4. The summed E-state index contributed by atoms with van der Waals surface area (Å²) in [6.07, 6.45) is 1.82. The number of rotatable bonds is 23. The number of carbonyl (C=O) groups is 5.